The highest BCUT2D eigenvalue weighted by Gasteiger charge is 2.33. The Labute approximate surface area is 84.5 Å². The van der Waals surface area contributed by atoms with Crippen molar-refractivity contribution in [3.63, 3.8) is 0 Å². The number of hydrogen-bond acceptors (Lipinski definition) is 3. The lowest BCUT2D eigenvalue weighted by atomic mass is 10.1. The predicted octanol–water partition coefficient (Wildman–Crippen LogP) is -0.0134. The van der Waals surface area contributed by atoms with Gasteiger partial charge in [0.25, 0.3) is 0 Å². The van der Waals surface area contributed by atoms with Crippen LogP contribution in [-0.4, -0.2) is 46.3 Å². The fourth-order valence-corrected chi connectivity index (χ4v) is 1.82. The molecule has 4 heteroatoms. The molecule has 1 aliphatic rings. The monoisotopic (exact) mass is 201 g/mol. The molecule has 0 aromatic rings. The summed E-state index contributed by atoms with van der Waals surface area (Å²) in [5.74, 6) is 0.0416. The summed E-state index contributed by atoms with van der Waals surface area (Å²) in [4.78, 5) is 13.3. The standard InChI is InChI=1S/C10H19NO3/c1-3-4-7(2)10(14)11-5-8(12)9(13)6-11/h7-9,12-13H,3-6H2,1-2H3. The molecule has 0 bridgehead atoms. The summed E-state index contributed by atoms with van der Waals surface area (Å²) in [7, 11) is 0. The Balaban J connectivity index is 2.46. The molecule has 0 saturated carbocycles. The maximum absolute atomic E-state index is 11.7. The van der Waals surface area contributed by atoms with Gasteiger partial charge in [-0.25, -0.2) is 0 Å². The van der Waals surface area contributed by atoms with E-state index in [1.54, 1.807) is 4.90 Å². The third kappa shape index (κ3) is 2.45. The van der Waals surface area contributed by atoms with Gasteiger partial charge in [0.2, 0.25) is 5.91 Å². The van der Waals surface area contributed by atoms with E-state index in [0.29, 0.717) is 0 Å². The molecule has 1 rings (SSSR count). The topological polar surface area (TPSA) is 60.8 Å². The maximum Gasteiger partial charge on any atom is 0.225 e. The van der Waals surface area contributed by atoms with Gasteiger partial charge >= 0.3 is 0 Å². The maximum atomic E-state index is 11.7. The molecule has 0 spiro atoms. The summed E-state index contributed by atoms with van der Waals surface area (Å²) in [6.45, 7) is 4.47. The van der Waals surface area contributed by atoms with Crippen LogP contribution < -0.4 is 0 Å². The highest BCUT2D eigenvalue weighted by molar-refractivity contribution is 5.78. The minimum atomic E-state index is -0.771. The average molecular weight is 201 g/mol. The zero-order chi connectivity index (χ0) is 10.7. The summed E-state index contributed by atoms with van der Waals surface area (Å²) in [6, 6.07) is 0. The first-order valence-corrected chi connectivity index (χ1v) is 5.21. The van der Waals surface area contributed by atoms with Crippen LogP contribution in [-0.2, 0) is 4.79 Å². The van der Waals surface area contributed by atoms with Crippen LogP contribution in [0.25, 0.3) is 0 Å². The first-order valence-electron chi connectivity index (χ1n) is 5.21. The van der Waals surface area contributed by atoms with Crippen LogP contribution in [0.3, 0.4) is 0 Å². The molecule has 2 N–H and O–H groups in total. The van der Waals surface area contributed by atoms with Crippen LogP contribution in [0.1, 0.15) is 26.7 Å². The third-order valence-electron chi connectivity index (χ3n) is 2.71. The normalized spacial score (nSPS) is 29.3. The number of nitrogens with zero attached hydrogens (tertiary/aromatic N) is 1. The van der Waals surface area contributed by atoms with Crippen LogP contribution in [0.2, 0.25) is 0 Å². The molecule has 4 nitrogen and oxygen atoms in total. The lowest BCUT2D eigenvalue weighted by Gasteiger charge is -2.19. The van der Waals surface area contributed by atoms with Gasteiger partial charge in [0.05, 0.1) is 12.2 Å². The Bertz CT molecular complexity index is 198. The van der Waals surface area contributed by atoms with Crippen LogP contribution in [0, 0.1) is 5.92 Å². The summed E-state index contributed by atoms with van der Waals surface area (Å²) >= 11 is 0. The average Bonchev–Trinajstić information content (AvgIpc) is 2.46. The number of aliphatic hydroxyl groups excluding tert-OH is 2. The van der Waals surface area contributed by atoms with Crippen molar-refractivity contribution in [2.24, 2.45) is 5.92 Å². The second-order valence-electron chi connectivity index (χ2n) is 4.07. The molecule has 82 valence electrons. The van der Waals surface area contributed by atoms with Crippen LogP contribution in [0.4, 0.5) is 0 Å². The second kappa shape index (κ2) is 4.75. The van der Waals surface area contributed by atoms with E-state index in [0.717, 1.165) is 12.8 Å². The van der Waals surface area contributed by atoms with E-state index < -0.39 is 12.2 Å². The van der Waals surface area contributed by atoms with Gasteiger partial charge in [-0.2, -0.15) is 0 Å². The Morgan fingerprint density at radius 2 is 1.93 bits per heavy atom. The van der Waals surface area contributed by atoms with Gasteiger partial charge in [0.1, 0.15) is 0 Å². The lowest BCUT2D eigenvalue weighted by Crippen LogP contribution is -2.34. The molecule has 0 aromatic heterocycles. The van der Waals surface area contributed by atoms with Crippen molar-refractivity contribution in [2.45, 2.75) is 38.9 Å². The minimum Gasteiger partial charge on any atom is -0.388 e. The van der Waals surface area contributed by atoms with Gasteiger partial charge in [-0.3, -0.25) is 4.79 Å². The number of carbonyl (C=O) groups excluding carboxylic acids is 1. The summed E-state index contributed by atoms with van der Waals surface area (Å²) in [5.41, 5.74) is 0. The molecular weight excluding hydrogens is 182 g/mol. The number of likely N-dealkylation sites (tertiary alicyclic amines) is 1. The predicted molar refractivity (Wildman–Crippen MR) is 52.7 cm³/mol. The highest BCUT2D eigenvalue weighted by Crippen LogP contribution is 2.16. The Morgan fingerprint density at radius 3 is 2.36 bits per heavy atom. The molecule has 1 aliphatic heterocycles. The van der Waals surface area contributed by atoms with Crippen molar-refractivity contribution in [1.29, 1.82) is 0 Å². The van der Waals surface area contributed by atoms with E-state index >= 15 is 0 Å². The minimum absolute atomic E-state index is 0.00231. The number of rotatable bonds is 3. The molecule has 1 saturated heterocycles. The van der Waals surface area contributed by atoms with Gasteiger partial charge in [0, 0.05) is 19.0 Å². The molecule has 1 amide bonds. The Hall–Kier alpha value is -0.610. The van der Waals surface area contributed by atoms with Crippen molar-refractivity contribution in [3.8, 4) is 0 Å². The number of carbonyl (C=O) groups is 1. The van der Waals surface area contributed by atoms with Gasteiger partial charge < -0.3 is 15.1 Å². The highest BCUT2D eigenvalue weighted by atomic mass is 16.3. The van der Waals surface area contributed by atoms with Gasteiger partial charge in [-0.05, 0) is 6.42 Å². The van der Waals surface area contributed by atoms with Crippen molar-refractivity contribution >= 4 is 5.91 Å². The lowest BCUT2D eigenvalue weighted by molar-refractivity contribution is -0.134. The molecule has 0 aromatic carbocycles. The molecule has 0 aliphatic carbocycles. The smallest absolute Gasteiger partial charge is 0.225 e. The summed E-state index contributed by atoms with van der Waals surface area (Å²) in [5, 5.41) is 18.6. The SMILES string of the molecule is CCCC(C)C(=O)N1CC(O)C(O)C1. The van der Waals surface area contributed by atoms with E-state index in [2.05, 4.69) is 0 Å². The molecule has 14 heavy (non-hydrogen) atoms. The van der Waals surface area contributed by atoms with Gasteiger partial charge in [-0.1, -0.05) is 20.3 Å². The van der Waals surface area contributed by atoms with Crippen molar-refractivity contribution in [1.82, 2.24) is 4.90 Å². The van der Waals surface area contributed by atoms with Crippen LogP contribution in [0.5, 0.6) is 0 Å². The summed E-state index contributed by atoms with van der Waals surface area (Å²) < 4.78 is 0. The molecule has 1 fully saturated rings. The first-order chi connectivity index (χ1) is 6.56. The molecule has 3 unspecified atom stereocenters. The largest absolute Gasteiger partial charge is 0.388 e. The summed E-state index contributed by atoms with van der Waals surface area (Å²) in [6.07, 6.45) is 0.299. The van der Waals surface area contributed by atoms with E-state index in [9.17, 15) is 15.0 Å². The van der Waals surface area contributed by atoms with Gasteiger partial charge in [-0.15, -0.1) is 0 Å². The number of hydrogen-bond donors (Lipinski definition) is 2. The van der Waals surface area contributed by atoms with E-state index in [-0.39, 0.29) is 24.9 Å². The van der Waals surface area contributed by atoms with Crippen molar-refractivity contribution in [3.05, 3.63) is 0 Å². The van der Waals surface area contributed by atoms with Crippen LogP contribution >= 0.6 is 0 Å². The van der Waals surface area contributed by atoms with Crippen molar-refractivity contribution in [2.75, 3.05) is 13.1 Å². The number of aliphatic hydroxyl groups is 2. The fraction of sp³-hybridized carbons (Fsp3) is 0.900. The molecule has 3 atom stereocenters. The van der Waals surface area contributed by atoms with E-state index in [4.69, 9.17) is 0 Å². The molecular formula is C10H19NO3. The fourth-order valence-electron chi connectivity index (χ4n) is 1.82. The second-order valence-corrected chi connectivity index (χ2v) is 4.07. The van der Waals surface area contributed by atoms with Crippen LogP contribution in [0.15, 0.2) is 0 Å². The van der Waals surface area contributed by atoms with E-state index in [1.807, 2.05) is 13.8 Å². The molecule has 0 radical (unpaired) electrons. The van der Waals surface area contributed by atoms with Gasteiger partial charge in [0.15, 0.2) is 0 Å². The Morgan fingerprint density at radius 1 is 1.43 bits per heavy atom. The van der Waals surface area contributed by atoms with Crippen molar-refractivity contribution < 1.29 is 15.0 Å². The Kier molecular flexibility index (Phi) is 3.89. The quantitative estimate of drug-likeness (QED) is 0.675. The molecule has 1 heterocycles. The number of β-amino-alcohol motifs (C(OH)–C–C–N with tert-alkyl or cyclic N) is 2. The zero-order valence-corrected chi connectivity index (χ0v) is 8.81. The third-order valence-corrected chi connectivity index (χ3v) is 2.71. The zero-order valence-electron chi connectivity index (χ0n) is 8.81. The van der Waals surface area contributed by atoms with E-state index in [1.165, 1.54) is 0 Å². The number of amides is 1. The first kappa shape index (κ1) is 11.5.